The lowest BCUT2D eigenvalue weighted by molar-refractivity contribution is 0.353. The van der Waals surface area contributed by atoms with Gasteiger partial charge < -0.3 is 19.7 Å². The summed E-state index contributed by atoms with van der Waals surface area (Å²) in [6.07, 6.45) is 0. The maximum absolute atomic E-state index is 5.54. The fourth-order valence-corrected chi connectivity index (χ4v) is 2.57. The van der Waals surface area contributed by atoms with Crippen molar-refractivity contribution in [1.29, 1.82) is 0 Å². The van der Waals surface area contributed by atoms with Crippen LogP contribution in [0.15, 0.2) is 21.1 Å². The van der Waals surface area contributed by atoms with E-state index in [9.17, 15) is 0 Å². The molecule has 0 unspecified atom stereocenters. The Morgan fingerprint density at radius 2 is 2.00 bits per heavy atom. The van der Waals surface area contributed by atoms with E-state index in [1.165, 1.54) is 0 Å². The molecule has 1 aromatic heterocycles. The highest BCUT2D eigenvalue weighted by molar-refractivity contribution is 9.10. The van der Waals surface area contributed by atoms with E-state index >= 15 is 0 Å². The molecule has 2 rings (SSSR count). The van der Waals surface area contributed by atoms with Crippen molar-refractivity contribution in [3.8, 4) is 22.8 Å². The van der Waals surface area contributed by atoms with Crippen LogP contribution in [0.3, 0.4) is 0 Å². The average Bonchev–Trinajstić information content (AvgIpc) is 2.75. The van der Waals surface area contributed by atoms with E-state index in [0.717, 1.165) is 15.6 Å². The minimum atomic E-state index is 0.270. The van der Waals surface area contributed by atoms with E-state index in [0.29, 0.717) is 17.2 Å². The van der Waals surface area contributed by atoms with Gasteiger partial charge >= 0.3 is 0 Å². The standard InChI is InChI=1S/C12H13BrN2O3/c1-6-11(8-5-10(14)18-15-8)7(13)4-9(16-2)12(6)17-3/h4-5H,14H2,1-3H3. The summed E-state index contributed by atoms with van der Waals surface area (Å²) in [5, 5.41) is 3.91. The normalized spacial score (nSPS) is 10.4. The first-order valence-corrected chi connectivity index (χ1v) is 6.01. The zero-order valence-corrected chi connectivity index (χ0v) is 11.9. The van der Waals surface area contributed by atoms with Gasteiger partial charge in [0.15, 0.2) is 11.5 Å². The number of rotatable bonds is 3. The number of hydrogen-bond donors (Lipinski definition) is 1. The van der Waals surface area contributed by atoms with Crippen molar-refractivity contribution in [3.05, 3.63) is 22.2 Å². The van der Waals surface area contributed by atoms with Gasteiger partial charge in [0.25, 0.3) is 0 Å². The Balaban J connectivity index is 2.68. The Morgan fingerprint density at radius 3 is 2.50 bits per heavy atom. The molecule has 0 aliphatic heterocycles. The molecule has 0 aliphatic rings. The lowest BCUT2D eigenvalue weighted by atomic mass is 10.0. The Bertz CT molecular complexity index is 581. The number of halogens is 1. The van der Waals surface area contributed by atoms with E-state index in [2.05, 4.69) is 21.1 Å². The zero-order chi connectivity index (χ0) is 13.3. The van der Waals surface area contributed by atoms with E-state index in [1.807, 2.05) is 13.0 Å². The first-order valence-electron chi connectivity index (χ1n) is 5.22. The van der Waals surface area contributed by atoms with Crippen LogP contribution < -0.4 is 15.2 Å². The third-order valence-electron chi connectivity index (χ3n) is 2.64. The number of methoxy groups -OCH3 is 2. The Hall–Kier alpha value is -1.69. The maximum Gasteiger partial charge on any atom is 0.222 e. The molecule has 0 saturated carbocycles. The van der Waals surface area contributed by atoms with Gasteiger partial charge in [-0.25, -0.2) is 0 Å². The molecule has 0 spiro atoms. The Kier molecular flexibility index (Phi) is 3.47. The van der Waals surface area contributed by atoms with Gasteiger partial charge in [0.1, 0.15) is 5.69 Å². The number of hydrogen-bond acceptors (Lipinski definition) is 5. The summed E-state index contributed by atoms with van der Waals surface area (Å²) in [6.45, 7) is 1.92. The van der Waals surface area contributed by atoms with Crippen molar-refractivity contribution in [3.63, 3.8) is 0 Å². The lowest BCUT2D eigenvalue weighted by Crippen LogP contribution is -1.96. The van der Waals surface area contributed by atoms with E-state index in [4.69, 9.17) is 19.7 Å². The first kappa shape index (κ1) is 12.8. The van der Waals surface area contributed by atoms with Crippen LogP contribution in [0.4, 0.5) is 5.88 Å². The van der Waals surface area contributed by atoms with Crippen molar-refractivity contribution >= 4 is 21.8 Å². The van der Waals surface area contributed by atoms with Crippen LogP contribution >= 0.6 is 15.9 Å². The monoisotopic (exact) mass is 312 g/mol. The highest BCUT2D eigenvalue weighted by Crippen LogP contribution is 2.42. The van der Waals surface area contributed by atoms with Crippen LogP contribution in [-0.4, -0.2) is 19.4 Å². The van der Waals surface area contributed by atoms with Gasteiger partial charge in [-0.15, -0.1) is 0 Å². The van der Waals surface area contributed by atoms with Gasteiger partial charge in [-0.05, 0) is 28.9 Å². The second kappa shape index (κ2) is 4.89. The van der Waals surface area contributed by atoms with Gasteiger partial charge in [-0.3, -0.25) is 0 Å². The van der Waals surface area contributed by atoms with E-state index in [-0.39, 0.29) is 5.88 Å². The van der Waals surface area contributed by atoms with Crippen LogP contribution in [0.5, 0.6) is 11.5 Å². The van der Waals surface area contributed by atoms with Crippen LogP contribution in [0.1, 0.15) is 5.56 Å². The predicted octanol–water partition coefficient (Wildman–Crippen LogP) is 3.01. The molecule has 2 aromatic rings. The fraction of sp³-hybridized carbons (Fsp3) is 0.250. The number of benzene rings is 1. The number of nitrogens with two attached hydrogens (primary N) is 1. The Labute approximate surface area is 113 Å². The highest BCUT2D eigenvalue weighted by atomic mass is 79.9. The van der Waals surface area contributed by atoms with Crippen LogP contribution in [-0.2, 0) is 0 Å². The zero-order valence-electron chi connectivity index (χ0n) is 10.3. The number of ether oxygens (including phenoxy) is 2. The number of aromatic nitrogens is 1. The molecule has 0 bridgehead atoms. The summed E-state index contributed by atoms with van der Waals surface area (Å²) < 4.78 is 16.4. The largest absolute Gasteiger partial charge is 0.493 e. The molecular formula is C12H13BrN2O3. The molecule has 0 amide bonds. The van der Waals surface area contributed by atoms with E-state index < -0.39 is 0 Å². The molecule has 0 aliphatic carbocycles. The molecule has 1 aromatic carbocycles. The number of anilines is 1. The summed E-state index contributed by atoms with van der Waals surface area (Å²) in [4.78, 5) is 0. The quantitative estimate of drug-likeness (QED) is 0.943. The summed E-state index contributed by atoms with van der Waals surface area (Å²) in [5.41, 5.74) is 7.96. The van der Waals surface area contributed by atoms with Gasteiger partial charge in [-0.1, -0.05) is 5.16 Å². The average molecular weight is 313 g/mol. The molecule has 2 N–H and O–H groups in total. The third kappa shape index (κ3) is 2.03. The molecule has 0 radical (unpaired) electrons. The molecule has 0 atom stereocenters. The minimum Gasteiger partial charge on any atom is -0.493 e. The minimum absolute atomic E-state index is 0.270. The summed E-state index contributed by atoms with van der Waals surface area (Å²) >= 11 is 3.49. The molecule has 96 valence electrons. The predicted molar refractivity (Wildman–Crippen MR) is 71.9 cm³/mol. The third-order valence-corrected chi connectivity index (χ3v) is 3.27. The van der Waals surface area contributed by atoms with Gasteiger partial charge in [0.2, 0.25) is 5.88 Å². The van der Waals surface area contributed by atoms with Gasteiger partial charge in [-0.2, -0.15) is 0 Å². The highest BCUT2D eigenvalue weighted by Gasteiger charge is 2.19. The topological polar surface area (TPSA) is 70.5 Å². The molecule has 0 saturated heterocycles. The van der Waals surface area contributed by atoms with Crippen molar-refractivity contribution in [2.45, 2.75) is 6.92 Å². The lowest BCUT2D eigenvalue weighted by Gasteiger charge is -2.14. The SMILES string of the molecule is COc1cc(Br)c(-c2cc(N)on2)c(C)c1OC. The number of nitrogen functional groups attached to an aromatic ring is 1. The smallest absolute Gasteiger partial charge is 0.222 e. The second-order valence-electron chi connectivity index (χ2n) is 3.71. The fourth-order valence-electron chi connectivity index (χ4n) is 1.86. The van der Waals surface area contributed by atoms with Crippen LogP contribution in [0.25, 0.3) is 11.3 Å². The van der Waals surface area contributed by atoms with Crippen molar-refractivity contribution < 1.29 is 14.0 Å². The molecule has 5 nitrogen and oxygen atoms in total. The second-order valence-corrected chi connectivity index (χ2v) is 4.56. The molecule has 1 heterocycles. The van der Waals surface area contributed by atoms with Gasteiger partial charge in [0, 0.05) is 21.7 Å². The first-order chi connectivity index (χ1) is 8.58. The van der Waals surface area contributed by atoms with Crippen LogP contribution in [0.2, 0.25) is 0 Å². The Morgan fingerprint density at radius 1 is 1.28 bits per heavy atom. The molecule has 18 heavy (non-hydrogen) atoms. The van der Waals surface area contributed by atoms with Crippen LogP contribution in [0, 0.1) is 6.92 Å². The summed E-state index contributed by atoms with van der Waals surface area (Å²) in [7, 11) is 3.19. The van der Waals surface area contributed by atoms with Crippen molar-refractivity contribution in [2.24, 2.45) is 0 Å². The number of nitrogens with zero attached hydrogens (tertiary/aromatic N) is 1. The summed E-state index contributed by atoms with van der Waals surface area (Å²) in [6, 6.07) is 3.49. The van der Waals surface area contributed by atoms with Gasteiger partial charge in [0.05, 0.1) is 14.2 Å². The maximum atomic E-state index is 5.54. The molecule has 6 heteroatoms. The molecular weight excluding hydrogens is 300 g/mol. The molecule has 0 fully saturated rings. The van der Waals surface area contributed by atoms with E-state index in [1.54, 1.807) is 20.3 Å². The van der Waals surface area contributed by atoms with Crippen molar-refractivity contribution in [1.82, 2.24) is 5.16 Å². The van der Waals surface area contributed by atoms with Crippen molar-refractivity contribution in [2.75, 3.05) is 20.0 Å². The summed E-state index contributed by atoms with van der Waals surface area (Å²) in [5.74, 6) is 1.59.